The van der Waals surface area contributed by atoms with Crippen molar-refractivity contribution >= 4 is 11.8 Å². The van der Waals surface area contributed by atoms with Crippen molar-refractivity contribution in [2.24, 2.45) is 0 Å². The van der Waals surface area contributed by atoms with Crippen LogP contribution in [-0.4, -0.2) is 40.8 Å². The van der Waals surface area contributed by atoms with Gasteiger partial charge in [0.15, 0.2) is 0 Å². The van der Waals surface area contributed by atoms with E-state index in [1.165, 1.54) is 12.1 Å². The Morgan fingerprint density at radius 1 is 1.18 bits per heavy atom. The van der Waals surface area contributed by atoms with E-state index in [1.54, 1.807) is 23.2 Å². The fourth-order valence-electron chi connectivity index (χ4n) is 3.62. The molecule has 1 aromatic heterocycles. The third-order valence-electron chi connectivity index (χ3n) is 5.17. The van der Waals surface area contributed by atoms with E-state index in [-0.39, 0.29) is 29.3 Å². The van der Waals surface area contributed by atoms with E-state index in [2.05, 4.69) is 17.2 Å². The van der Waals surface area contributed by atoms with E-state index in [1.807, 2.05) is 18.2 Å². The van der Waals surface area contributed by atoms with E-state index in [9.17, 15) is 14.0 Å². The van der Waals surface area contributed by atoms with E-state index >= 15 is 0 Å². The summed E-state index contributed by atoms with van der Waals surface area (Å²) < 4.78 is 13.9. The van der Waals surface area contributed by atoms with Crippen molar-refractivity contribution in [1.82, 2.24) is 15.2 Å². The van der Waals surface area contributed by atoms with Gasteiger partial charge in [0.25, 0.3) is 5.91 Å². The maximum atomic E-state index is 13.9. The molecule has 1 unspecified atom stereocenters. The molecule has 6 heteroatoms. The number of hydrogen-bond acceptors (Lipinski definition) is 3. The summed E-state index contributed by atoms with van der Waals surface area (Å²) in [6.45, 7) is 3.05. The van der Waals surface area contributed by atoms with Crippen molar-refractivity contribution in [2.45, 2.75) is 44.6 Å². The van der Waals surface area contributed by atoms with Gasteiger partial charge in [0.1, 0.15) is 5.82 Å². The topological polar surface area (TPSA) is 62.3 Å². The van der Waals surface area contributed by atoms with Gasteiger partial charge in [-0.2, -0.15) is 0 Å². The highest BCUT2D eigenvalue weighted by Crippen LogP contribution is 2.21. The molecular formula is C22H26FN3O2. The Morgan fingerprint density at radius 3 is 2.54 bits per heavy atom. The maximum Gasteiger partial charge on any atom is 0.256 e. The van der Waals surface area contributed by atoms with E-state index in [0.717, 1.165) is 18.5 Å². The Balaban J connectivity index is 1.57. The average Bonchev–Trinajstić information content (AvgIpc) is 2.73. The summed E-state index contributed by atoms with van der Waals surface area (Å²) in [6.07, 6.45) is 4.66. The minimum Gasteiger partial charge on any atom is -0.353 e. The lowest BCUT2D eigenvalue weighted by Crippen LogP contribution is -2.47. The van der Waals surface area contributed by atoms with Gasteiger partial charge in [-0.05, 0) is 43.5 Å². The van der Waals surface area contributed by atoms with Crippen molar-refractivity contribution in [3.8, 4) is 0 Å². The molecule has 0 radical (unpaired) electrons. The van der Waals surface area contributed by atoms with Crippen LogP contribution in [-0.2, 0) is 4.79 Å². The molecule has 28 heavy (non-hydrogen) atoms. The standard InChI is InChI=1S/C22H26FN3O2/c1-2-7-18(20-10-5-6-13-24-20)21(27)25-16-11-14-26(15-12-16)22(28)17-8-3-4-9-19(17)23/h3-6,8-10,13,16,18H,2,7,11-12,14-15H2,1H3,(H,25,27). The Hall–Kier alpha value is -2.76. The second-order valence-corrected chi connectivity index (χ2v) is 7.15. The Labute approximate surface area is 165 Å². The Morgan fingerprint density at radius 2 is 1.89 bits per heavy atom. The van der Waals surface area contributed by atoms with Crippen LogP contribution in [0.25, 0.3) is 0 Å². The SMILES string of the molecule is CCCC(C(=O)NC1CCN(C(=O)c2ccccc2F)CC1)c1ccccn1. The van der Waals surface area contributed by atoms with Crippen molar-refractivity contribution in [3.63, 3.8) is 0 Å². The van der Waals surface area contributed by atoms with Crippen LogP contribution in [0.3, 0.4) is 0 Å². The van der Waals surface area contributed by atoms with Crippen LogP contribution in [0.1, 0.15) is 54.6 Å². The molecule has 1 N–H and O–H groups in total. The molecule has 1 fully saturated rings. The summed E-state index contributed by atoms with van der Waals surface area (Å²) in [6, 6.07) is 11.7. The third-order valence-corrected chi connectivity index (χ3v) is 5.17. The predicted molar refractivity (Wildman–Crippen MR) is 105 cm³/mol. The summed E-state index contributed by atoms with van der Waals surface area (Å²) in [7, 11) is 0. The number of aromatic nitrogens is 1. The molecule has 2 amide bonds. The zero-order valence-corrected chi connectivity index (χ0v) is 16.1. The number of piperidine rings is 1. The van der Waals surface area contributed by atoms with Gasteiger partial charge in [-0.25, -0.2) is 4.39 Å². The minimum atomic E-state index is -0.499. The van der Waals surface area contributed by atoms with Crippen molar-refractivity contribution in [2.75, 3.05) is 13.1 Å². The number of amides is 2. The number of pyridine rings is 1. The van der Waals surface area contributed by atoms with Crippen LogP contribution in [0.15, 0.2) is 48.7 Å². The zero-order valence-electron chi connectivity index (χ0n) is 16.1. The fourth-order valence-corrected chi connectivity index (χ4v) is 3.62. The molecule has 148 valence electrons. The van der Waals surface area contributed by atoms with Crippen LogP contribution in [0, 0.1) is 5.82 Å². The summed E-state index contributed by atoms with van der Waals surface area (Å²) in [5.74, 6) is -1.07. The number of halogens is 1. The van der Waals surface area contributed by atoms with Gasteiger partial charge in [0.05, 0.1) is 17.2 Å². The number of carbonyl (C=O) groups excluding carboxylic acids is 2. The second-order valence-electron chi connectivity index (χ2n) is 7.15. The Kier molecular flexibility index (Phi) is 6.74. The van der Waals surface area contributed by atoms with Gasteiger partial charge in [-0.1, -0.05) is 31.5 Å². The van der Waals surface area contributed by atoms with E-state index < -0.39 is 5.82 Å². The molecule has 1 aromatic carbocycles. The fraction of sp³-hybridized carbons (Fsp3) is 0.409. The molecular weight excluding hydrogens is 357 g/mol. The van der Waals surface area contributed by atoms with Crippen LogP contribution in [0.2, 0.25) is 0 Å². The molecule has 1 aliphatic rings. The molecule has 2 aromatic rings. The molecule has 0 aliphatic carbocycles. The maximum absolute atomic E-state index is 13.9. The molecule has 1 aliphatic heterocycles. The number of benzene rings is 1. The van der Waals surface area contributed by atoms with Crippen molar-refractivity contribution in [3.05, 3.63) is 65.7 Å². The van der Waals surface area contributed by atoms with Crippen LogP contribution in [0.5, 0.6) is 0 Å². The predicted octanol–water partition coefficient (Wildman–Crippen LogP) is 3.53. The summed E-state index contributed by atoms with van der Waals surface area (Å²) >= 11 is 0. The molecule has 2 heterocycles. The van der Waals surface area contributed by atoms with E-state index in [0.29, 0.717) is 25.9 Å². The number of nitrogens with zero attached hydrogens (tertiary/aromatic N) is 2. The minimum absolute atomic E-state index is 0.0141. The highest BCUT2D eigenvalue weighted by Gasteiger charge is 2.28. The number of likely N-dealkylation sites (tertiary alicyclic amines) is 1. The third kappa shape index (κ3) is 4.74. The first-order valence-corrected chi connectivity index (χ1v) is 9.85. The monoisotopic (exact) mass is 383 g/mol. The summed E-state index contributed by atoms with van der Waals surface area (Å²) in [4.78, 5) is 31.3. The van der Waals surface area contributed by atoms with Crippen molar-refractivity contribution < 1.29 is 14.0 Å². The second kappa shape index (κ2) is 9.44. The van der Waals surface area contributed by atoms with Gasteiger partial charge in [-0.15, -0.1) is 0 Å². The van der Waals surface area contributed by atoms with E-state index in [4.69, 9.17) is 0 Å². The zero-order chi connectivity index (χ0) is 19.9. The van der Waals surface area contributed by atoms with Crippen LogP contribution < -0.4 is 5.32 Å². The van der Waals surface area contributed by atoms with Gasteiger partial charge >= 0.3 is 0 Å². The highest BCUT2D eigenvalue weighted by molar-refractivity contribution is 5.94. The summed E-state index contributed by atoms with van der Waals surface area (Å²) in [5, 5.41) is 3.12. The first-order chi connectivity index (χ1) is 13.6. The van der Waals surface area contributed by atoms with Gasteiger partial charge < -0.3 is 10.2 Å². The largest absolute Gasteiger partial charge is 0.353 e. The normalized spacial score (nSPS) is 15.9. The first kappa shape index (κ1) is 20.0. The van der Waals surface area contributed by atoms with Gasteiger partial charge in [0, 0.05) is 25.3 Å². The van der Waals surface area contributed by atoms with Crippen LogP contribution >= 0.6 is 0 Å². The summed E-state index contributed by atoms with van der Waals surface area (Å²) in [5.41, 5.74) is 0.886. The average molecular weight is 383 g/mol. The molecule has 0 spiro atoms. The molecule has 5 nitrogen and oxygen atoms in total. The smallest absolute Gasteiger partial charge is 0.256 e. The van der Waals surface area contributed by atoms with Gasteiger partial charge in [0.2, 0.25) is 5.91 Å². The molecule has 0 saturated carbocycles. The molecule has 1 saturated heterocycles. The Bertz CT molecular complexity index is 804. The highest BCUT2D eigenvalue weighted by atomic mass is 19.1. The molecule has 1 atom stereocenters. The number of hydrogen-bond donors (Lipinski definition) is 1. The number of nitrogens with one attached hydrogen (secondary N) is 1. The quantitative estimate of drug-likeness (QED) is 0.830. The van der Waals surface area contributed by atoms with Crippen molar-refractivity contribution in [1.29, 1.82) is 0 Å². The first-order valence-electron chi connectivity index (χ1n) is 9.85. The molecule has 3 rings (SSSR count). The molecule has 0 bridgehead atoms. The lowest BCUT2D eigenvalue weighted by molar-refractivity contribution is -0.123. The van der Waals surface area contributed by atoms with Gasteiger partial charge in [-0.3, -0.25) is 14.6 Å². The van der Waals surface area contributed by atoms with Crippen LogP contribution in [0.4, 0.5) is 4.39 Å². The number of carbonyl (C=O) groups is 2. The lowest BCUT2D eigenvalue weighted by atomic mass is 9.96. The lowest BCUT2D eigenvalue weighted by Gasteiger charge is -2.33. The number of rotatable bonds is 6.